The average molecular weight is 231 g/mol. The van der Waals surface area contributed by atoms with Gasteiger partial charge in [0.1, 0.15) is 5.76 Å². The van der Waals surface area contributed by atoms with Crippen molar-refractivity contribution >= 4 is 9.84 Å². The fourth-order valence-electron chi connectivity index (χ4n) is 1.73. The fraction of sp³-hybridized carbons (Fsp3) is 0.667. The smallest absolute Gasteiger partial charge is 0.198 e. The minimum atomic E-state index is -2.90. The molecule has 0 aromatic carbocycles. The van der Waals surface area contributed by atoms with Gasteiger partial charge in [0.05, 0.1) is 30.2 Å². The average Bonchev–Trinajstić information content (AvgIpc) is 2.73. The van der Waals surface area contributed by atoms with E-state index >= 15 is 0 Å². The maximum Gasteiger partial charge on any atom is 0.198 e. The lowest BCUT2D eigenvalue weighted by Gasteiger charge is -2.00. The van der Waals surface area contributed by atoms with Gasteiger partial charge in [-0.05, 0) is 6.42 Å². The normalized spacial score (nSPS) is 24.5. The molecule has 0 radical (unpaired) electrons. The van der Waals surface area contributed by atoms with Gasteiger partial charge in [-0.15, -0.1) is 0 Å². The summed E-state index contributed by atoms with van der Waals surface area (Å²) in [5.74, 6) is 1.33. The maximum atomic E-state index is 11.2. The number of rotatable bonds is 3. The Morgan fingerprint density at radius 1 is 1.60 bits per heavy atom. The highest BCUT2D eigenvalue weighted by molar-refractivity contribution is 7.91. The summed E-state index contributed by atoms with van der Waals surface area (Å²) in [7, 11) is -2.90. The fourth-order valence-corrected chi connectivity index (χ4v) is 3.46. The largest absolute Gasteiger partial charge is 0.445 e. The Bertz CT molecular complexity index is 437. The molecule has 6 heteroatoms. The van der Waals surface area contributed by atoms with Crippen LogP contribution in [0.15, 0.2) is 10.6 Å². The number of oxazole rings is 1. The van der Waals surface area contributed by atoms with Crippen LogP contribution in [0.2, 0.25) is 0 Å². The van der Waals surface area contributed by atoms with Gasteiger partial charge in [-0.1, -0.05) is 0 Å². The van der Waals surface area contributed by atoms with Crippen molar-refractivity contribution in [1.29, 1.82) is 0 Å². The van der Waals surface area contributed by atoms with E-state index in [4.69, 9.17) is 9.52 Å². The van der Waals surface area contributed by atoms with Gasteiger partial charge in [-0.2, -0.15) is 0 Å². The van der Waals surface area contributed by atoms with E-state index < -0.39 is 9.84 Å². The van der Waals surface area contributed by atoms with Crippen molar-refractivity contribution in [1.82, 2.24) is 4.98 Å². The van der Waals surface area contributed by atoms with Crippen LogP contribution in [0.1, 0.15) is 24.0 Å². The number of sulfone groups is 1. The number of aliphatic hydroxyl groups is 1. The van der Waals surface area contributed by atoms with E-state index in [-0.39, 0.29) is 24.0 Å². The lowest BCUT2D eigenvalue weighted by Crippen LogP contribution is -2.03. The van der Waals surface area contributed by atoms with E-state index in [9.17, 15) is 8.42 Å². The minimum Gasteiger partial charge on any atom is -0.445 e. The molecule has 1 fully saturated rings. The second-order valence-corrected chi connectivity index (χ2v) is 5.97. The zero-order valence-corrected chi connectivity index (χ0v) is 9.03. The van der Waals surface area contributed by atoms with E-state index in [0.717, 1.165) is 0 Å². The predicted octanol–water partition coefficient (Wildman–Crippen LogP) is 0.111. The molecule has 1 aliphatic rings. The first-order chi connectivity index (χ1) is 7.11. The summed E-state index contributed by atoms with van der Waals surface area (Å²) in [5.41, 5.74) is 0. The van der Waals surface area contributed by atoms with Gasteiger partial charge in [0.15, 0.2) is 15.7 Å². The minimum absolute atomic E-state index is 0.0115. The van der Waals surface area contributed by atoms with Crippen LogP contribution in [0.3, 0.4) is 0 Å². The molecule has 15 heavy (non-hydrogen) atoms. The van der Waals surface area contributed by atoms with Crippen molar-refractivity contribution in [3.63, 3.8) is 0 Å². The molecule has 1 unspecified atom stereocenters. The van der Waals surface area contributed by atoms with Crippen LogP contribution < -0.4 is 0 Å². The summed E-state index contributed by atoms with van der Waals surface area (Å²) in [5, 5.41) is 8.69. The lowest BCUT2D eigenvalue weighted by molar-refractivity contribution is 0.284. The molecule has 1 saturated heterocycles. The van der Waals surface area contributed by atoms with Crippen molar-refractivity contribution in [2.45, 2.75) is 18.8 Å². The van der Waals surface area contributed by atoms with Crippen molar-refractivity contribution in [3.05, 3.63) is 17.8 Å². The monoisotopic (exact) mass is 231 g/mol. The zero-order chi connectivity index (χ0) is 10.9. The molecule has 0 spiro atoms. The molecule has 1 aromatic rings. The van der Waals surface area contributed by atoms with Crippen molar-refractivity contribution < 1.29 is 17.9 Å². The van der Waals surface area contributed by atoms with Crippen LogP contribution >= 0.6 is 0 Å². The molecule has 2 heterocycles. The highest BCUT2D eigenvalue weighted by atomic mass is 32.2. The molecule has 1 aromatic heterocycles. The molecular weight excluding hydrogens is 218 g/mol. The topological polar surface area (TPSA) is 80.4 Å². The van der Waals surface area contributed by atoms with Gasteiger partial charge < -0.3 is 9.52 Å². The van der Waals surface area contributed by atoms with Crippen LogP contribution in [0.25, 0.3) is 0 Å². The lowest BCUT2D eigenvalue weighted by atomic mass is 10.1. The third-order valence-electron chi connectivity index (χ3n) is 2.51. The van der Waals surface area contributed by atoms with Crippen LogP contribution in [0.4, 0.5) is 0 Å². The van der Waals surface area contributed by atoms with Gasteiger partial charge >= 0.3 is 0 Å². The molecule has 2 rings (SSSR count). The molecular formula is C9H13NO4S. The predicted molar refractivity (Wildman–Crippen MR) is 53.3 cm³/mol. The van der Waals surface area contributed by atoms with Crippen LogP contribution in [0.5, 0.6) is 0 Å². The van der Waals surface area contributed by atoms with E-state index in [0.29, 0.717) is 24.5 Å². The van der Waals surface area contributed by atoms with Crippen LogP contribution in [-0.4, -0.2) is 36.6 Å². The molecule has 0 amide bonds. The van der Waals surface area contributed by atoms with Gasteiger partial charge in [0, 0.05) is 6.42 Å². The first-order valence-electron chi connectivity index (χ1n) is 4.86. The van der Waals surface area contributed by atoms with Crippen LogP contribution in [0, 0.1) is 0 Å². The van der Waals surface area contributed by atoms with Crippen molar-refractivity contribution in [3.8, 4) is 0 Å². The maximum absolute atomic E-state index is 11.2. The molecule has 5 nitrogen and oxygen atoms in total. The Hall–Kier alpha value is -0.880. The van der Waals surface area contributed by atoms with Crippen molar-refractivity contribution in [2.24, 2.45) is 0 Å². The summed E-state index contributed by atoms with van der Waals surface area (Å²) in [4.78, 5) is 4.04. The van der Waals surface area contributed by atoms with Gasteiger partial charge in [-0.3, -0.25) is 0 Å². The van der Waals surface area contributed by atoms with E-state index in [1.165, 1.54) is 0 Å². The van der Waals surface area contributed by atoms with E-state index in [2.05, 4.69) is 4.98 Å². The quantitative estimate of drug-likeness (QED) is 0.798. The number of aromatic nitrogens is 1. The summed E-state index contributed by atoms with van der Waals surface area (Å²) >= 11 is 0. The Balaban J connectivity index is 2.10. The second kappa shape index (κ2) is 3.94. The molecule has 84 valence electrons. The second-order valence-electron chi connectivity index (χ2n) is 3.74. The Morgan fingerprint density at radius 2 is 2.40 bits per heavy atom. The van der Waals surface area contributed by atoms with Gasteiger partial charge in [0.2, 0.25) is 0 Å². The van der Waals surface area contributed by atoms with E-state index in [1.807, 2.05) is 0 Å². The first-order valence-corrected chi connectivity index (χ1v) is 6.69. The third kappa shape index (κ3) is 2.38. The standard InChI is InChI=1S/C9H13NO4S/c11-3-1-8-5-10-9(14-8)7-2-4-15(12,13)6-7/h5,7,11H,1-4,6H2. The Labute approximate surface area is 88.0 Å². The third-order valence-corrected chi connectivity index (χ3v) is 4.28. The summed E-state index contributed by atoms with van der Waals surface area (Å²) in [6, 6.07) is 0. The SMILES string of the molecule is O=S1(=O)CCC(c2ncc(CCO)o2)C1. The highest BCUT2D eigenvalue weighted by Gasteiger charge is 2.32. The van der Waals surface area contributed by atoms with Crippen molar-refractivity contribution in [2.75, 3.05) is 18.1 Å². The van der Waals surface area contributed by atoms with Gasteiger partial charge in [0.25, 0.3) is 0 Å². The van der Waals surface area contributed by atoms with Gasteiger partial charge in [-0.25, -0.2) is 13.4 Å². The Kier molecular flexibility index (Phi) is 2.79. The molecule has 0 bridgehead atoms. The summed E-state index contributed by atoms with van der Waals surface area (Å²) in [6.45, 7) is 0.0115. The molecule has 0 aliphatic carbocycles. The Morgan fingerprint density at radius 3 is 3.00 bits per heavy atom. The number of hydrogen-bond acceptors (Lipinski definition) is 5. The summed E-state index contributed by atoms with van der Waals surface area (Å²) in [6.07, 6.45) is 2.56. The molecule has 0 saturated carbocycles. The number of nitrogens with zero attached hydrogens (tertiary/aromatic N) is 1. The highest BCUT2D eigenvalue weighted by Crippen LogP contribution is 2.28. The van der Waals surface area contributed by atoms with Crippen LogP contribution in [-0.2, 0) is 16.3 Å². The van der Waals surface area contributed by atoms with E-state index in [1.54, 1.807) is 6.20 Å². The summed E-state index contributed by atoms with van der Waals surface area (Å²) < 4.78 is 27.8. The molecule has 1 N–H and O–H groups in total. The zero-order valence-electron chi connectivity index (χ0n) is 8.22. The molecule has 1 aliphatic heterocycles. The first kappa shape index (κ1) is 10.6. The molecule has 1 atom stereocenters. The number of hydrogen-bond donors (Lipinski definition) is 1. The number of aliphatic hydroxyl groups excluding tert-OH is 1.